The SMILES string of the molecule is C[C@H](C(=O)NCc1ccccc1)N1CCN(c2ccccn2)CC1. The van der Waals surface area contributed by atoms with E-state index in [0.29, 0.717) is 6.54 Å². The van der Waals surface area contributed by atoms with Crippen LogP contribution < -0.4 is 10.2 Å². The summed E-state index contributed by atoms with van der Waals surface area (Å²) in [6.07, 6.45) is 1.82. The van der Waals surface area contributed by atoms with Crippen LogP contribution in [-0.4, -0.2) is 48.0 Å². The Morgan fingerprint density at radius 3 is 2.46 bits per heavy atom. The molecule has 1 N–H and O–H groups in total. The molecule has 1 aliphatic rings. The van der Waals surface area contributed by atoms with Crippen LogP contribution in [0.3, 0.4) is 0 Å². The fraction of sp³-hybridized carbons (Fsp3) is 0.368. The molecule has 2 heterocycles. The predicted molar refractivity (Wildman–Crippen MR) is 95.8 cm³/mol. The number of anilines is 1. The fourth-order valence-corrected chi connectivity index (χ4v) is 2.98. The molecule has 0 unspecified atom stereocenters. The molecule has 1 aliphatic heterocycles. The Bertz CT molecular complexity index is 639. The van der Waals surface area contributed by atoms with Gasteiger partial charge in [0.25, 0.3) is 0 Å². The van der Waals surface area contributed by atoms with E-state index in [2.05, 4.69) is 20.1 Å². The van der Waals surface area contributed by atoms with E-state index in [9.17, 15) is 4.79 Å². The van der Waals surface area contributed by atoms with E-state index in [-0.39, 0.29) is 11.9 Å². The van der Waals surface area contributed by atoms with E-state index in [1.54, 1.807) is 0 Å². The van der Waals surface area contributed by atoms with Gasteiger partial charge in [0.1, 0.15) is 5.82 Å². The zero-order valence-electron chi connectivity index (χ0n) is 14.1. The molecule has 2 aromatic rings. The third kappa shape index (κ3) is 4.11. The second-order valence-corrected chi connectivity index (χ2v) is 6.09. The zero-order valence-corrected chi connectivity index (χ0v) is 14.1. The van der Waals surface area contributed by atoms with Gasteiger partial charge in [0.15, 0.2) is 0 Å². The van der Waals surface area contributed by atoms with Gasteiger partial charge in [-0.15, -0.1) is 0 Å². The van der Waals surface area contributed by atoms with Crippen molar-refractivity contribution in [1.29, 1.82) is 0 Å². The molecule has 24 heavy (non-hydrogen) atoms. The molecule has 0 saturated carbocycles. The third-order valence-electron chi connectivity index (χ3n) is 4.52. The maximum atomic E-state index is 12.4. The van der Waals surface area contributed by atoms with Crippen LogP contribution in [0.15, 0.2) is 54.7 Å². The van der Waals surface area contributed by atoms with E-state index in [1.165, 1.54) is 0 Å². The predicted octanol–water partition coefficient (Wildman–Crippen LogP) is 1.91. The summed E-state index contributed by atoms with van der Waals surface area (Å²) in [6, 6.07) is 15.9. The molecule has 1 fully saturated rings. The second-order valence-electron chi connectivity index (χ2n) is 6.09. The third-order valence-corrected chi connectivity index (χ3v) is 4.52. The summed E-state index contributed by atoms with van der Waals surface area (Å²) in [5.41, 5.74) is 1.12. The first kappa shape index (κ1) is 16.5. The molecule has 1 saturated heterocycles. The number of hydrogen-bond acceptors (Lipinski definition) is 4. The lowest BCUT2D eigenvalue weighted by atomic mass is 10.2. The van der Waals surface area contributed by atoms with Crippen LogP contribution >= 0.6 is 0 Å². The van der Waals surface area contributed by atoms with Crippen LogP contribution in [0, 0.1) is 0 Å². The Hall–Kier alpha value is -2.40. The number of rotatable bonds is 5. The average Bonchev–Trinajstić information content (AvgIpc) is 2.67. The highest BCUT2D eigenvalue weighted by atomic mass is 16.2. The molecule has 0 aliphatic carbocycles. The summed E-state index contributed by atoms with van der Waals surface area (Å²) >= 11 is 0. The van der Waals surface area contributed by atoms with Gasteiger partial charge in [-0.25, -0.2) is 4.98 Å². The van der Waals surface area contributed by atoms with Crippen molar-refractivity contribution in [3.05, 3.63) is 60.3 Å². The minimum absolute atomic E-state index is 0.0881. The highest BCUT2D eigenvalue weighted by molar-refractivity contribution is 5.81. The Morgan fingerprint density at radius 2 is 1.79 bits per heavy atom. The van der Waals surface area contributed by atoms with Crippen LogP contribution in [0.2, 0.25) is 0 Å². The number of pyridine rings is 1. The first-order valence-corrected chi connectivity index (χ1v) is 8.46. The van der Waals surface area contributed by atoms with Crippen molar-refractivity contribution in [2.45, 2.75) is 19.5 Å². The second kappa shape index (κ2) is 7.93. The van der Waals surface area contributed by atoms with Gasteiger partial charge >= 0.3 is 0 Å². The van der Waals surface area contributed by atoms with Crippen LogP contribution in [0.5, 0.6) is 0 Å². The minimum Gasteiger partial charge on any atom is -0.354 e. The number of carbonyl (C=O) groups excluding carboxylic acids is 1. The van der Waals surface area contributed by atoms with Gasteiger partial charge in [-0.3, -0.25) is 9.69 Å². The lowest BCUT2D eigenvalue weighted by Crippen LogP contribution is -2.54. The van der Waals surface area contributed by atoms with Crippen molar-refractivity contribution >= 4 is 11.7 Å². The minimum atomic E-state index is -0.111. The Kier molecular flexibility index (Phi) is 5.43. The van der Waals surface area contributed by atoms with E-state index >= 15 is 0 Å². The summed E-state index contributed by atoms with van der Waals surface area (Å²) < 4.78 is 0. The van der Waals surface area contributed by atoms with Crippen molar-refractivity contribution in [3.63, 3.8) is 0 Å². The maximum Gasteiger partial charge on any atom is 0.237 e. The molecule has 0 radical (unpaired) electrons. The van der Waals surface area contributed by atoms with E-state index in [1.807, 2.05) is 61.7 Å². The van der Waals surface area contributed by atoms with Crippen molar-refractivity contribution < 1.29 is 4.79 Å². The number of carbonyl (C=O) groups is 1. The normalized spacial score (nSPS) is 16.6. The number of aromatic nitrogens is 1. The molecule has 126 valence electrons. The zero-order chi connectivity index (χ0) is 16.8. The largest absolute Gasteiger partial charge is 0.354 e. The number of hydrogen-bond donors (Lipinski definition) is 1. The number of piperazine rings is 1. The first-order valence-electron chi connectivity index (χ1n) is 8.46. The van der Waals surface area contributed by atoms with Gasteiger partial charge in [0.2, 0.25) is 5.91 Å². The monoisotopic (exact) mass is 324 g/mol. The summed E-state index contributed by atoms with van der Waals surface area (Å²) in [4.78, 5) is 21.3. The number of amides is 1. The molecule has 5 nitrogen and oxygen atoms in total. The highest BCUT2D eigenvalue weighted by Crippen LogP contribution is 2.14. The van der Waals surface area contributed by atoms with Gasteiger partial charge in [0, 0.05) is 38.9 Å². The van der Waals surface area contributed by atoms with E-state index in [0.717, 1.165) is 37.6 Å². The van der Waals surface area contributed by atoms with E-state index in [4.69, 9.17) is 0 Å². The number of nitrogens with one attached hydrogen (secondary N) is 1. The molecule has 0 spiro atoms. The van der Waals surface area contributed by atoms with Crippen LogP contribution in [0.25, 0.3) is 0 Å². The van der Waals surface area contributed by atoms with Crippen molar-refractivity contribution in [1.82, 2.24) is 15.2 Å². The first-order chi connectivity index (χ1) is 11.7. The van der Waals surface area contributed by atoms with Crippen molar-refractivity contribution in [2.75, 3.05) is 31.1 Å². The van der Waals surface area contributed by atoms with Gasteiger partial charge in [-0.2, -0.15) is 0 Å². The van der Waals surface area contributed by atoms with Gasteiger partial charge < -0.3 is 10.2 Å². The molecule has 1 aromatic carbocycles. The Balaban J connectivity index is 1.47. The summed E-state index contributed by atoms with van der Waals surface area (Å²) in [5, 5.41) is 3.03. The van der Waals surface area contributed by atoms with Gasteiger partial charge in [-0.05, 0) is 24.6 Å². The highest BCUT2D eigenvalue weighted by Gasteiger charge is 2.25. The van der Waals surface area contributed by atoms with Crippen molar-refractivity contribution in [2.24, 2.45) is 0 Å². The van der Waals surface area contributed by atoms with Gasteiger partial charge in [0.05, 0.1) is 6.04 Å². The van der Waals surface area contributed by atoms with Crippen molar-refractivity contribution in [3.8, 4) is 0 Å². The van der Waals surface area contributed by atoms with Crippen LogP contribution in [0.1, 0.15) is 12.5 Å². The quantitative estimate of drug-likeness (QED) is 0.913. The summed E-state index contributed by atoms with van der Waals surface area (Å²) in [7, 11) is 0. The smallest absolute Gasteiger partial charge is 0.237 e. The van der Waals surface area contributed by atoms with E-state index < -0.39 is 0 Å². The Morgan fingerprint density at radius 1 is 1.08 bits per heavy atom. The molecule has 0 bridgehead atoms. The lowest BCUT2D eigenvalue weighted by molar-refractivity contribution is -0.126. The number of benzene rings is 1. The molecule has 1 atom stereocenters. The molecule has 5 heteroatoms. The molecular formula is C19H24N4O. The van der Waals surface area contributed by atoms with Crippen LogP contribution in [0.4, 0.5) is 5.82 Å². The molecular weight excluding hydrogens is 300 g/mol. The molecule has 3 rings (SSSR count). The van der Waals surface area contributed by atoms with Crippen LogP contribution in [-0.2, 0) is 11.3 Å². The molecule has 1 aromatic heterocycles. The standard InChI is InChI=1S/C19H24N4O/c1-16(19(24)21-15-17-7-3-2-4-8-17)22-11-13-23(14-12-22)18-9-5-6-10-20-18/h2-10,16H,11-15H2,1H3,(H,21,24)/t16-/m1/s1. The maximum absolute atomic E-state index is 12.4. The summed E-state index contributed by atoms with van der Waals surface area (Å²) in [6.45, 7) is 6.10. The number of nitrogens with zero attached hydrogens (tertiary/aromatic N) is 3. The average molecular weight is 324 g/mol. The van der Waals surface area contributed by atoms with Gasteiger partial charge in [-0.1, -0.05) is 36.4 Å². The topological polar surface area (TPSA) is 48.5 Å². The Labute approximate surface area is 143 Å². The summed E-state index contributed by atoms with van der Waals surface area (Å²) in [5.74, 6) is 1.10. The lowest BCUT2D eigenvalue weighted by Gasteiger charge is -2.37. The molecule has 1 amide bonds. The fourth-order valence-electron chi connectivity index (χ4n) is 2.98.